The molecule has 12 nitrogen and oxygen atoms in total. The van der Waals surface area contributed by atoms with E-state index in [-0.39, 0.29) is 60.5 Å². The zero-order chi connectivity index (χ0) is 28.0. The number of carbonyl (C=O) groups is 1. The fourth-order valence-corrected chi connectivity index (χ4v) is 7.45. The van der Waals surface area contributed by atoms with Crippen molar-refractivity contribution in [2.24, 2.45) is 0 Å². The molecule has 1 amide bonds. The number of nitrogens with one attached hydrogen (secondary N) is 1. The molecule has 4 rings (SSSR count). The third kappa shape index (κ3) is 6.70. The Balaban J connectivity index is 1.48. The van der Waals surface area contributed by atoms with Gasteiger partial charge in [-0.25, -0.2) is 16.8 Å². The summed E-state index contributed by atoms with van der Waals surface area (Å²) in [5, 5.41) is 2.73. The number of ether oxygens (including phenoxy) is 4. The number of carbonyl (C=O) groups excluding carboxylic acids is 1. The molecule has 2 aromatic rings. The summed E-state index contributed by atoms with van der Waals surface area (Å²) >= 11 is 0. The van der Waals surface area contributed by atoms with Crippen LogP contribution in [0.5, 0.6) is 11.5 Å². The van der Waals surface area contributed by atoms with Crippen molar-refractivity contribution in [1.82, 2.24) is 8.61 Å². The van der Waals surface area contributed by atoms with Gasteiger partial charge in [-0.3, -0.25) is 4.79 Å². The van der Waals surface area contributed by atoms with Gasteiger partial charge >= 0.3 is 0 Å². The number of rotatable bonds is 10. The van der Waals surface area contributed by atoms with E-state index in [2.05, 4.69) is 5.32 Å². The van der Waals surface area contributed by atoms with Gasteiger partial charge in [0.05, 0.1) is 45.5 Å². The first-order valence-corrected chi connectivity index (χ1v) is 15.4. The molecule has 2 aliphatic rings. The molecule has 0 spiro atoms. The van der Waals surface area contributed by atoms with Crippen LogP contribution in [0.2, 0.25) is 0 Å². The molecule has 0 atom stereocenters. The van der Waals surface area contributed by atoms with E-state index in [1.165, 1.54) is 47.1 Å². The van der Waals surface area contributed by atoms with Gasteiger partial charge in [-0.1, -0.05) is 0 Å². The fraction of sp³-hybridized carbons (Fsp3) is 0.480. The molecule has 1 N–H and O–H groups in total. The average Bonchev–Trinajstić information content (AvgIpc) is 2.96. The van der Waals surface area contributed by atoms with Gasteiger partial charge in [0.2, 0.25) is 26.0 Å². The Bertz CT molecular complexity index is 1390. The zero-order valence-electron chi connectivity index (χ0n) is 21.9. The summed E-state index contributed by atoms with van der Waals surface area (Å²) in [6, 6.07) is 9.01. The number of hydrogen-bond donors (Lipinski definition) is 1. The lowest BCUT2D eigenvalue weighted by molar-refractivity contribution is -0.116. The molecule has 2 fully saturated rings. The SMILES string of the molecule is COc1ccc(S(=O)(=O)N2CCOCC2)cc1CCC(=O)Nc1ccc(OC)c(S(=O)(=O)N2CCOCC2)c1. The van der Waals surface area contributed by atoms with Gasteiger partial charge in [-0.05, 0) is 48.4 Å². The Kier molecular flexibility index (Phi) is 9.46. The van der Waals surface area contributed by atoms with Crippen molar-refractivity contribution >= 4 is 31.6 Å². The average molecular weight is 584 g/mol. The molecule has 0 aliphatic carbocycles. The highest BCUT2D eigenvalue weighted by Crippen LogP contribution is 2.31. The summed E-state index contributed by atoms with van der Waals surface area (Å²) in [7, 11) is -4.72. The van der Waals surface area contributed by atoms with Gasteiger partial charge in [-0.15, -0.1) is 0 Å². The first-order valence-electron chi connectivity index (χ1n) is 12.5. The van der Waals surface area contributed by atoms with Gasteiger partial charge in [-0.2, -0.15) is 8.61 Å². The largest absolute Gasteiger partial charge is 0.496 e. The Morgan fingerprint density at radius 3 is 1.97 bits per heavy atom. The molecule has 0 unspecified atom stereocenters. The van der Waals surface area contributed by atoms with Crippen LogP contribution in [0.25, 0.3) is 0 Å². The topological polar surface area (TPSA) is 141 Å². The lowest BCUT2D eigenvalue weighted by Gasteiger charge is -2.26. The number of nitrogens with zero attached hydrogens (tertiary/aromatic N) is 2. The molecule has 0 aromatic heterocycles. The van der Waals surface area contributed by atoms with Crippen LogP contribution in [0.1, 0.15) is 12.0 Å². The van der Waals surface area contributed by atoms with Gasteiger partial charge in [0.15, 0.2) is 0 Å². The van der Waals surface area contributed by atoms with E-state index in [0.29, 0.717) is 43.4 Å². The van der Waals surface area contributed by atoms with Crippen LogP contribution < -0.4 is 14.8 Å². The molecule has 0 bridgehead atoms. The summed E-state index contributed by atoms with van der Waals surface area (Å²) in [5.74, 6) is 0.257. The number of amides is 1. The van der Waals surface area contributed by atoms with Crippen molar-refractivity contribution in [2.45, 2.75) is 22.6 Å². The molecule has 2 saturated heterocycles. The van der Waals surface area contributed by atoms with Gasteiger partial charge in [0, 0.05) is 38.3 Å². The maximum Gasteiger partial charge on any atom is 0.246 e. The standard InChI is InChI=1S/C25H33N3O9S2/c1-34-22-7-5-21(38(30,31)27-9-13-36-14-10-27)17-19(22)3-8-25(29)26-20-4-6-23(35-2)24(18-20)39(32,33)28-11-15-37-16-12-28/h4-7,17-18H,3,8-16H2,1-2H3,(H,26,29). The molecule has 214 valence electrons. The molecule has 2 aromatic carbocycles. The second-order valence-corrected chi connectivity index (χ2v) is 12.8. The minimum Gasteiger partial charge on any atom is -0.496 e. The maximum absolute atomic E-state index is 13.2. The van der Waals surface area contributed by atoms with Crippen molar-refractivity contribution in [3.8, 4) is 11.5 Å². The van der Waals surface area contributed by atoms with Crippen molar-refractivity contribution in [2.75, 3.05) is 72.1 Å². The van der Waals surface area contributed by atoms with Crippen LogP contribution in [-0.2, 0) is 40.7 Å². The third-order valence-electron chi connectivity index (χ3n) is 6.52. The fourth-order valence-electron chi connectivity index (χ4n) is 4.40. The predicted octanol–water partition coefficient (Wildman–Crippen LogP) is 1.32. The third-order valence-corrected chi connectivity index (χ3v) is 10.3. The lowest BCUT2D eigenvalue weighted by atomic mass is 10.1. The second kappa shape index (κ2) is 12.6. The summed E-state index contributed by atoms with van der Waals surface area (Å²) in [6.07, 6.45) is 0.214. The van der Waals surface area contributed by atoms with Crippen LogP contribution in [0.4, 0.5) is 5.69 Å². The molecule has 2 heterocycles. The molecule has 14 heteroatoms. The molecule has 0 radical (unpaired) electrons. The predicted molar refractivity (Wildman–Crippen MR) is 142 cm³/mol. The normalized spacial score (nSPS) is 17.5. The number of anilines is 1. The highest BCUT2D eigenvalue weighted by atomic mass is 32.2. The van der Waals surface area contributed by atoms with E-state index in [1.807, 2.05) is 0 Å². The van der Waals surface area contributed by atoms with E-state index in [9.17, 15) is 21.6 Å². The van der Waals surface area contributed by atoms with E-state index in [0.717, 1.165) is 0 Å². The van der Waals surface area contributed by atoms with Crippen LogP contribution in [-0.4, -0.2) is 98.2 Å². The Hall–Kier alpha value is -2.75. The molecule has 39 heavy (non-hydrogen) atoms. The van der Waals surface area contributed by atoms with E-state index >= 15 is 0 Å². The Morgan fingerprint density at radius 2 is 1.38 bits per heavy atom. The van der Waals surface area contributed by atoms with E-state index in [4.69, 9.17) is 18.9 Å². The zero-order valence-corrected chi connectivity index (χ0v) is 23.6. The Morgan fingerprint density at radius 1 is 0.821 bits per heavy atom. The van der Waals surface area contributed by atoms with Crippen LogP contribution in [0.3, 0.4) is 0 Å². The molecule has 0 saturated carbocycles. The van der Waals surface area contributed by atoms with Crippen LogP contribution in [0, 0.1) is 0 Å². The molecular formula is C25H33N3O9S2. The van der Waals surface area contributed by atoms with Crippen molar-refractivity contribution in [3.63, 3.8) is 0 Å². The maximum atomic E-state index is 13.2. The lowest BCUT2D eigenvalue weighted by Crippen LogP contribution is -2.40. The van der Waals surface area contributed by atoms with E-state index in [1.54, 1.807) is 12.1 Å². The molecular weight excluding hydrogens is 550 g/mol. The monoisotopic (exact) mass is 583 g/mol. The molecule has 2 aliphatic heterocycles. The van der Waals surface area contributed by atoms with Crippen molar-refractivity contribution in [3.05, 3.63) is 42.0 Å². The number of aryl methyl sites for hydroxylation is 1. The summed E-state index contributed by atoms with van der Waals surface area (Å²) < 4.78 is 76.5. The van der Waals surface area contributed by atoms with Gasteiger partial charge < -0.3 is 24.3 Å². The van der Waals surface area contributed by atoms with Crippen molar-refractivity contribution in [1.29, 1.82) is 0 Å². The summed E-state index contributed by atoms with van der Waals surface area (Å²) in [5.41, 5.74) is 0.857. The van der Waals surface area contributed by atoms with Crippen LogP contribution in [0.15, 0.2) is 46.2 Å². The number of methoxy groups -OCH3 is 2. The first-order chi connectivity index (χ1) is 18.7. The highest BCUT2D eigenvalue weighted by Gasteiger charge is 2.30. The quantitative estimate of drug-likeness (QED) is 0.438. The Labute approximate surface area is 228 Å². The second-order valence-electron chi connectivity index (χ2n) is 8.92. The highest BCUT2D eigenvalue weighted by molar-refractivity contribution is 7.89. The number of sulfonamides is 2. The van der Waals surface area contributed by atoms with E-state index < -0.39 is 20.0 Å². The number of hydrogen-bond acceptors (Lipinski definition) is 9. The van der Waals surface area contributed by atoms with Gasteiger partial charge in [0.25, 0.3) is 0 Å². The minimum atomic E-state index is -3.86. The van der Waals surface area contributed by atoms with Gasteiger partial charge in [0.1, 0.15) is 16.4 Å². The number of morpholine rings is 2. The van der Waals surface area contributed by atoms with Crippen molar-refractivity contribution < 1.29 is 40.6 Å². The first kappa shape index (κ1) is 29.2. The number of benzene rings is 2. The summed E-state index contributed by atoms with van der Waals surface area (Å²) in [6.45, 7) is 2.28. The summed E-state index contributed by atoms with van der Waals surface area (Å²) in [4.78, 5) is 12.9. The minimum absolute atomic E-state index is 0.00892. The van der Waals surface area contributed by atoms with Crippen LogP contribution >= 0.6 is 0 Å². The smallest absolute Gasteiger partial charge is 0.246 e.